The fourth-order valence-electron chi connectivity index (χ4n) is 2.21. The monoisotopic (exact) mass is 424 g/mol. The summed E-state index contributed by atoms with van der Waals surface area (Å²) in [7, 11) is -0.615. The molecule has 0 aliphatic heterocycles. The molecule has 10 heteroatoms. The average Bonchev–Trinajstić information content (AvgIpc) is 3.26. The van der Waals surface area contributed by atoms with Crippen molar-refractivity contribution in [2.75, 3.05) is 19.4 Å². The number of aryl methyl sites for hydroxylation is 1. The SMILES string of the molecule is Cc1cccc(Nc2nnc(SCc3ccc(S(=O)(=O)N(C)C)o3)s2)c1C. The minimum atomic E-state index is -3.56. The van der Waals surface area contributed by atoms with Crippen molar-refractivity contribution in [1.29, 1.82) is 0 Å². The normalized spacial score (nSPS) is 11.9. The number of rotatable bonds is 7. The van der Waals surface area contributed by atoms with Crippen molar-refractivity contribution in [2.45, 2.75) is 29.0 Å². The highest BCUT2D eigenvalue weighted by molar-refractivity contribution is 8.00. The Morgan fingerprint density at radius 1 is 1.19 bits per heavy atom. The van der Waals surface area contributed by atoms with Gasteiger partial charge in [-0.25, -0.2) is 12.7 Å². The van der Waals surface area contributed by atoms with Crippen LogP contribution in [0.25, 0.3) is 0 Å². The van der Waals surface area contributed by atoms with Crippen molar-refractivity contribution in [3.8, 4) is 0 Å². The maximum Gasteiger partial charge on any atom is 0.275 e. The molecule has 27 heavy (non-hydrogen) atoms. The van der Waals surface area contributed by atoms with E-state index in [1.165, 1.54) is 54.4 Å². The van der Waals surface area contributed by atoms with E-state index >= 15 is 0 Å². The summed E-state index contributed by atoms with van der Waals surface area (Å²) in [6.07, 6.45) is 0. The number of nitrogens with one attached hydrogen (secondary N) is 1. The summed E-state index contributed by atoms with van der Waals surface area (Å²) in [5.41, 5.74) is 3.39. The predicted molar refractivity (Wildman–Crippen MR) is 108 cm³/mol. The molecule has 0 amide bonds. The molecule has 0 unspecified atom stereocenters. The van der Waals surface area contributed by atoms with Crippen LogP contribution in [0.5, 0.6) is 0 Å². The molecule has 0 saturated heterocycles. The molecular weight excluding hydrogens is 404 g/mol. The number of hydrogen-bond donors (Lipinski definition) is 1. The van der Waals surface area contributed by atoms with Crippen LogP contribution in [0.1, 0.15) is 16.9 Å². The van der Waals surface area contributed by atoms with Gasteiger partial charge in [0.25, 0.3) is 10.0 Å². The summed E-state index contributed by atoms with van der Waals surface area (Å²) >= 11 is 2.89. The maximum atomic E-state index is 12.0. The molecule has 2 heterocycles. The van der Waals surface area contributed by atoms with E-state index in [-0.39, 0.29) is 5.09 Å². The molecule has 0 saturated carbocycles. The number of benzene rings is 1. The zero-order chi connectivity index (χ0) is 19.6. The zero-order valence-electron chi connectivity index (χ0n) is 15.4. The lowest BCUT2D eigenvalue weighted by atomic mass is 10.1. The first kappa shape index (κ1) is 19.9. The Labute approximate surface area is 166 Å². The Morgan fingerprint density at radius 3 is 2.70 bits per heavy atom. The molecule has 0 radical (unpaired) electrons. The van der Waals surface area contributed by atoms with Gasteiger partial charge in [0.2, 0.25) is 10.2 Å². The van der Waals surface area contributed by atoms with E-state index in [0.717, 1.165) is 14.3 Å². The maximum absolute atomic E-state index is 12.0. The molecule has 7 nitrogen and oxygen atoms in total. The van der Waals surface area contributed by atoms with Crippen LogP contribution in [0.4, 0.5) is 10.8 Å². The number of furan rings is 1. The largest absolute Gasteiger partial charge is 0.447 e. The summed E-state index contributed by atoms with van der Waals surface area (Å²) in [6, 6.07) is 9.21. The first-order valence-corrected chi connectivity index (χ1v) is 11.3. The van der Waals surface area contributed by atoms with Crippen molar-refractivity contribution in [1.82, 2.24) is 14.5 Å². The molecule has 0 atom stereocenters. The van der Waals surface area contributed by atoms with Crippen LogP contribution < -0.4 is 5.32 Å². The lowest BCUT2D eigenvalue weighted by Gasteiger charge is -2.08. The Kier molecular flexibility index (Phi) is 5.89. The van der Waals surface area contributed by atoms with Crippen LogP contribution in [-0.2, 0) is 15.8 Å². The van der Waals surface area contributed by atoms with E-state index < -0.39 is 10.0 Å². The minimum absolute atomic E-state index is 0.0577. The smallest absolute Gasteiger partial charge is 0.275 e. The molecule has 0 aliphatic rings. The molecule has 1 N–H and O–H groups in total. The number of thioether (sulfide) groups is 1. The van der Waals surface area contributed by atoms with Crippen LogP contribution in [0.2, 0.25) is 0 Å². The summed E-state index contributed by atoms with van der Waals surface area (Å²) in [5, 5.41) is 12.3. The van der Waals surface area contributed by atoms with Gasteiger partial charge in [-0.15, -0.1) is 10.2 Å². The molecule has 1 aromatic carbocycles. The van der Waals surface area contributed by atoms with Crippen LogP contribution in [0, 0.1) is 13.8 Å². The molecule has 0 aliphatic carbocycles. The van der Waals surface area contributed by atoms with Crippen molar-refractivity contribution < 1.29 is 12.8 Å². The Bertz CT molecular complexity index is 1040. The lowest BCUT2D eigenvalue weighted by molar-refractivity contribution is 0.408. The fraction of sp³-hybridized carbons (Fsp3) is 0.294. The van der Waals surface area contributed by atoms with Gasteiger partial charge in [-0.2, -0.15) is 0 Å². The van der Waals surface area contributed by atoms with E-state index in [1.54, 1.807) is 6.07 Å². The number of aromatic nitrogens is 2. The molecule has 3 aromatic rings. The minimum Gasteiger partial charge on any atom is -0.447 e. The van der Waals surface area contributed by atoms with E-state index in [4.69, 9.17) is 4.42 Å². The van der Waals surface area contributed by atoms with E-state index in [9.17, 15) is 8.42 Å². The fourth-order valence-corrected chi connectivity index (χ4v) is 4.68. The van der Waals surface area contributed by atoms with Crippen molar-refractivity contribution in [2.24, 2.45) is 0 Å². The van der Waals surface area contributed by atoms with Gasteiger partial charge in [0.1, 0.15) is 5.76 Å². The zero-order valence-corrected chi connectivity index (χ0v) is 17.8. The number of anilines is 2. The second-order valence-electron chi connectivity index (χ2n) is 6.04. The van der Waals surface area contributed by atoms with E-state index in [2.05, 4.69) is 35.4 Å². The lowest BCUT2D eigenvalue weighted by Crippen LogP contribution is -2.21. The van der Waals surface area contributed by atoms with Crippen LogP contribution >= 0.6 is 23.1 Å². The number of hydrogen-bond acceptors (Lipinski definition) is 8. The molecule has 144 valence electrons. The molecule has 2 aromatic heterocycles. The van der Waals surface area contributed by atoms with Gasteiger partial charge in [0, 0.05) is 19.8 Å². The highest BCUT2D eigenvalue weighted by Crippen LogP contribution is 2.31. The Hall–Kier alpha value is -1.88. The molecule has 0 spiro atoms. The average molecular weight is 425 g/mol. The third-order valence-corrected chi connectivity index (χ3v) is 7.65. The van der Waals surface area contributed by atoms with Gasteiger partial charge in [0.15, 0.2) is 4.34 Å². The molecule has 0 fully saturated rings. The summed E-state index contributed by atoms with van der Waals surface area (Å²) < 4.78 is 31.4. The Balaban J connectivity index is 1.64. The van der Waals surface area contributed by atoms with Crippen molar-refractivity contribution >= 4 is 43.9 Å². The third kappa shape index (κ3) is 4.52. The quantitative estimate of drug-likeness (QED) is 0.573. The predicted octanol–water partition coefficient (Wildman–Crippen LogP) is 4.03. The Morgan fingerprint density at radius 2 is 1.96 bits per heavy atom. The van der Waals surface area contributed by atoms with Crippen LogP contribution in [0.15, 0.2) is 44.2 Å². The van der Waals surface area contributed by atoms with Gasteiger partial charge >= 0.3 is 0 Å². The summed E-state index contributed by atoms with van der Waals surface area (Å²) in [4.78, 5) is 0. The van der Waals surface area contributed by atoms with Gasteiger partial charge in [-0.1, -0.05) is 35.2 Å². The summed E-state index contributed by atoms with van der Waals surface area (Å²) in [6.45, 7) is 4.13. The van der Waals surface area contributed by atoms with Gasteiger partial charge < -0.3 is 9.73 Å². The van der Waals surface area contributed by atoms with Crippen molar-refractivity contribution in [3.63, 3.8) is 0 Å². The topological polar surface area (TPSA) is 88.3 Å². The second-order valence-corrected chi connectivity index (χ2v) is 10.3. The molecule has 0 bridgehead atoms. The standard InChI is InChI=1S/C17H20N4O3S3/c1-11-6-5-7-14(12(11)2)18-16-19-20-17(26-16)25-10-13-8-9-15(24-13)27(22,23)21(3)4/h5-9H,10H2,1-4H3,(H,18,19). The first-order valence-electron chi connectivity index (χ1n) is 8.08. The number of sulfonamides is 1. The van der Waals surface area contributed by atoms with Gasteiger partial charge in [-0.05, 0) is 43.2 Å². The van der Waals surface area contributed by atoms with Gasteiger partial charge in [0.05, 0.1) is 5.75 Å². The highest BCUT2D eigenvalue weighted by atomic mass is 32.2. The first-order chi connectivity index (χ1) is 12.8. The second kappa shape index (κ2) is 8.01. The molecule has 3 rings (SSSR count). The third-order valence-electron chi connectivity index (χ3n) is 3.96. The van der Waals surface area contributed by atoms with E-state index in [0.29, 0.717) is 16.6 Å². The number of nitrogens with zero attached hydrogens (tertiary/aromatic N) is 3. The summed E-state index contributed by atoms with van der Waals surface area (Å²) in [5.74, 6) is 1.04. The highest BCUT2D eigenvalue weighted by Gasteiger charge is 2.21. The van der Waals surface area contributed by atoms with E-state index in [1.807, 2.05) is 12.1 Å². The van der Waals surface area contributed by atoms with Crippen molar-refractivity contribution in [3.05, 3.63) is 47.2 Å². The van der Waals surface area contributed by atoms with Crippen LogP contribution in [0.3, 0.4) is 0 Å². The van der Waals surface area contributed by atoms with Crippen LogP contribution in [-0.4, -0.2) is 37.0 Å². The van der Waals surface area contributed by atoms with Gasteiger partial charge in [-0.3, -0.25) is 0 Å². The molecular formula is C17H20N4O3S3.